The zero-order valence-electron chi connectivity index (χ0n) is 14.6. The monoisotopic (exact) mass is 353 g/mol. The van der Waals surface area contributed by atoms with Gasteiger partial charge in [-0.2, -0.15) is 0 Å². The van der Waals surface area contributed by atoms with Crippen molar-refractivity contribution in [2.24, 2.45) is 0 Å². The highest BCUT2D eigenvalue weighted by molar-refractivity contribution is 5.93. The fourth-order valence-corrected chi connectivity index (χ4v) is 3.44. The zero-order chi connectivity index (χ0) is 18.3. The van der Waals surface area contributed by atoms with Gasteiger partial charge in [0.2, 0.25) is 0 Å². The van der Waals surface area contributed by atoms with Gasteiger partial charge >= 0.3 is 11.7 Å². The van der Waals surface area contributed by atoms with E-state index in [1.54, 1.807) is 17.0 Å². The first-order valence-electron chi connectivity index (χ1n) is 8.56. The molecule has 1 N–H and O–H groups in total. The van der Waals surface area contributed by atoms with Gasteiger partial charge in [0, 0.05) is 35.8 Å². The molecule has 0 unspecified atom stereocenters. The minimum Gasteiger partial charge on any atom is -0.423 e. The van der Waals surface area contributed by atoms with Crippen molar-refractivity contribution in [2.45, 2.75) is 32.7 Å². The smallest absolute Gasteiger partial charge is 0.336 e. The van der Waals surface area contributed by atoms with E-state index in [1.165, 1.54) is 6.07 Å². The fraction of sp³-hybridized carbons (Fsp3) is 0.316. The third-order valence-corrected chi connectivity index (χ3v) is 4.69. The van der Waals surface area contributed by atoms with Crippen molar-refractivity contribution in [1.82, 2.24) is 10.1 Å². The number of nitrogens with zero attached hydrogens (tertiary/aromatic N) is 2. The molecule has 2 aromatic heterocycles. The summed E-state index contributed by atoms with van der Waals surface area (Å²) in [6, 6.07) is 8.30. The standard InChI is InChI=1S/C19H19N3O4/c1-11-8-18(23)25-16-10-13(5-6-14(11)16)20-19(24)22-7-3-4-15(22)17-9-12(2)21-26-17/h5-6,8-10,15H,3-4,7H2,1-2H3,(H,20,24)/t15-/m0/s1. The molecule has 1 saturated heterocycles. The molecule has 0 aliphatic carbocycles. The summed E-state index contributed by atoms with van der Waals surface area (Å²) in [5, 5.41) is 7.64. The maximum Gasteiger partial charge on any atom is 0.336 e. The Morgan fingerprint density at radius 2 is 2.12 bits per heavy atom. The third kappa shape index (κ3) is 2.96. The Morgan fingerprint density at radius 3 is 2.88 bits per heavy atom. The number of carbonyl (C=O) groups excluding carboxylic acids is 1. The molecule has 4 rings (SSSR count). The van der Waals surface area contributed by atoms with Gasteiger partial charge in [0.1, 0.15) is 5.58 Å². The van der Waals surface area contributed by atoms with E-state index in [0.717, 1.165) is 29.5 Å². The first-order chi connectivity index (χ1) is 12.5. The van der Waals surface area contributed by atoms with E-state index in [9.17, 15) is 9.59 Å². The number of urea groups is 1. The van der Waals surface area contributed by atoms with Gasteiger partial charge in [0.05, 0.1) is 11.7 Å². The van der Waals surface area contributed by atoms with E-state index >= 15 is 0 Å². The fourth-order valence-electron chi connectivity index (χ4n) is 3.44. The van der Waals surface area contributed by atoms with Crippen molar-refractivity contribution >= 4 is 22.7 Å². The number of fused-ring (bicyclic) bond motifs is 1. The van der Waals surface area contributed by atoms with E-state index in [4.69, 9.17) is 8.94 Å². The number of anilines is 1. The van der Waals surface area contributed by atoms with E-state index in [1.807, 2.05) is 26.0 Å². The zero-order valence-corrected chi connectivity index (χ0v) is 14.6. The van der Waals surface area contributed by atoms with E-state index in [0.29, 0.717) is 23.6 Å². The average Bonchev–Trinajstić information content (AvgIpc) is 3.22. The number of likely N-dealkylation sites (tertiary alicyclic amines) is 1. The number of aromatic nitrogens is 1. The van der Waals surface area contributed by atoms with Crippen molar-refractivity contribution in [3.8, 4) is 0 Å². The second-order valence-electron chi connectivity index (χ2n) is 6.61. The van der Waals surface area contributed by atoms with Crippen molar-refractivity contribution in [3.63, 3.8) is 0 Å². The summed E-state index contributed by atoms with van der Waals surface area (Å²) in [5.74, 6) is 0.704. The SMILES string of the molecule is Cc1cc([C@@H]2CCCN2C(=O)Nc2ccc3c(C)cc(=O)oc3c2)on1. The quantitative estimate of drug-likeness (QED) is 0.709. The molecule has 134 valence electrons. The van der Waals surface area contributed by atoms with Crippen LogP contribution in [-0.4, -0.2) is 22.6 Å². The van der Waals surface area contributed by atoms with Gasteiger partial charge in [-0.25, -0.2) is 9.59 Å². The van der Waals surface area contributed by atoms with Gasteiger partial charge in [0.15, 0.2) is 5.76 Å². The van der Waals surface area contributed by atoms with Crippen LogP contribution >= 0.6 is 0 Å². The van der Waals surface area contributed by atoms with Crippen LogP contribution in [0.15, 0.2) is 44.1 Å². The average molecular weight is 353 g/mol. The van der Waals surface area contributed by atoms with Crippen LogP contribution in [0.25, 0.3) is 11.0 Å². The van der Waals surface area contributed by atoms with Gasteiger partial charge in [-0.05, 0) is 44.4 Å². The summed E-state index contributed by atoms with van der Waals surface area (Å²) in [4.78, 5) is 26.1. The van der Waals surface area contributed by atoms with Crippen LogP contribution in [0, 0.1) is 13.8 Å². The Hall–Kier alpha value is -3.09. The normalized spacial score (nSPS) is 17.0. The largest absolute Gasteiger partial charge is 0.423 e. The molecule has 26 heavy (non-hydrogen) atoms. The van der Waals surface area contributed by atoms with Gasteiger partial charge in [-0.3, -0.25) is 0 Å². The second-order valence-corrected chi connectivity index (χ2v) is 6.61. The Bertz CT molecular complexity index is 1040. The summed E-state index contributed by atoms with van der Waals surface area (Å²) in [5.41, 5.74) is 2.27. The molecule has 1 fully saturated rings. The minimum atomic E-state index is -0.404. The maximum absolute atomic E-state index is 12.7. The van der Waals surface area contributed by atoms with Gasteiger partial charge in [-0.1, -0.05) is 5.16 Å². The number of amides is 2. The highest BCUT2D eigenvalue weighted by Gasteiger charge is 2.32. The molecule has 1 atom stereocenters. The highest BCUT2D eigenvalue weighted by Crippen LogP contribution is 2.33. The van der Waals surface area contributed by atoms with Gasteiger partial charge in [0.25, 0.3) is 0 Å². The molecule has 7 heteroatoms. The maximum atomic E-state index is 12.7. The Morgan fingerprint density at radius 1 is 1.27 bits per heavy atom. The van der Waals surface area contributed by atoms with Gasteiger partial charge < -0.3 is 19.2 Å². The molecule has 0 bridgehead atoms. The number of hydrogen-bond acceptors (Lipinski definition) is 5. The number of nitrogens with one attached hydrogen (secondary N) is 1. The summed E-state index contributed by atoms with van der Waals surface area (Å²) < 4.78 is 10.6. The lowest BCUT2D eigenvalue weighted by atomic mass is 10.1. The highest BCUT2D eigenvalue weighted by atomic mass is 16.5. The molecule has 7 nitrogen and oxygen atoms in total. The third-order valence-electron chi connectivity index (χ3n) is 4.69. The molecule has 1 aliphatic rings. The number of benzene rings is 1. The molecule has 1 aliphatic heterocycles. The van der Waals surface area contributed by atoms with Crippen LogP contribution in [0.3, 0.4) is 0 Å². The molecule has 3 heterocycles. The Balaban J connectivity index is 1.57. The van der Waals surface area contributed by atoms with Gasteiger partial charge in [-0.15, -0.1) is 0 Å². The molecule has 0 radical (unpaired) electrons. The van der Waals surface area contributed by atoms with Crippen molar-refractivity contribution < 1.29 is 13.7 Å². The molecule has 1 aromatic carbocycles. The summed E-state index contributed by atoms with van der Waals surface area (Å²) >= 11 is 0. The van der Waals surface area contributed by atoms with Crippen molar-refractivity contribution in [2.75, 3.05) is 11.9 Å². The number of carbonyl (C=O) groups is 1. The second kappa shape index (κ2) is 6.33. The van der Waals surface area contributed by atoms with E-state index < -0.39 is 5.63 Å². The lowest BCUT2D eigenvalue weighted by molar-refractivity contribution is 0.195. The van der Waals surface area contributed by atoms with Crippen molar-refractivity contribution in [1.29, 1.82) is 0 Å². The summed E-state index contributed by atoms with van der Waals surface area (Å²) in [6.45, 7) is 4.36. The molecule has 0 spiro atoms. The molecular formula is C19H19N3O4. The predicted octanol–water partition coefficient (Wildman–Crippen LogP) is 3.77. The topological polar surface area (TPSA) is 88.6 Å². The van der Waals surface area contributed by atoms with Crippen LogP contribution in [0.2, 0.25) is 0 Å². The van der Waals surface area contributed by atoms with Crippen molar-refractivity contribution in [3.05, 3.63) is 57.8 Å². The minimum absolute atomic E-state index is 0.114. The van der Waals surface area contributed by atoms with Crippen LogP contribution in [0.4, 0.5) is 10.5 Å². The van der Waals surface area contributed by atoms with Crippen LogP contribution in [0.1, 0.15) is 35.9 Å². The van der Waals surface area contributed by atoms with E-state index in [-0.39, 0.29) is 12.1 Å². The summed E-state index contributed by atoms with van der Waals surface area (Å²) in [6.07, 6.45) is 1.75. The molecule has 3 aromatic rings. The number of aryl methyl sites for hydroxylation is 2. The number of hydrogen-bond donors (Lipinski definition) is 1. The van der Waals surface area contributed by atoms with E-state index in [2.05, 4.69) is 10.5 Å². The first-order valence-corrected chi connectivity index (χ1v) is 8.56. The number of rotatable bonds is 2. The molecular weight excluding hydrogens is 334 g/mol. The molecule has 2 amide bonds. The Labute approximate surface area is 149 Å². The summed E-state index contributed by atoms with van der Waals surface area (Å²) in [7, 11) is 0. The first kappa shape index (κ1) is 16.4. The predicted molar refractivity (Wildman–Crippen MR) is 96.2 cm³/mol. The lowest BCUT2D eigenvalue weighted by Gasteiger charge is -2.23. The van der Waals surface area contributed by atoms with Crippen LogP contribution < -0.4 is 10.9 Å². The van der Waals surface area contributed by atoms with Crippen LogP contribution in [-0.2, 0) is 0 Å². The van der Waals surface area contributed by atoms with Crippen LogP contribution in [0.5, 0.6) is 0 Å². The Kier molecular flexibility index (Phi) is 3.99. The lowest BCUT2D eigenvalue weighted by Crippen LogP contribution is -2.34. The molecule has 0 saturated carbocycles.